The highest BCUT2D eigenvalue weighted by Crippen LogP contribution is 2.35. The van der Waals surface area contributed by atoms with E-state index in [1.54, 1.807) is 7.11 Å². The largest absolute Gasteiger partial charge is 0.497 e. The lowest BCUT2D eigenvalue weighted by Crippen LogP contribution is -2.36. The molecule has 1 N–H and O–H groups in total. The number of nitrogens with zero attached hydrogens (tertiary/aromatic N) is 1. The van der Waals surface area contributed by atoms with Crippen molar-refractivity contribution in [1.29, 1.82) is 0 Å². The Morgan fingerprint density at radius 3 is 2.68 bits per heavy atom. The molecule has 3 rings (SSSR count). The van der Waals surface area contributed by atoms with Gasteiger partial charge in [0.2, 0.25) is 11.8 Å². The summed E-state index contributed by atoms with van der Waals surface area (Å²) in [6.45, 7) is 5.20. The number of carbonyl (C=O) groups excluding carboxylic acids is 2. The molecule has 25 heavy (non-hydrogen) atoms. The molecule has 1 aromatic rings. The first kappa shape index (κ1) is 17.8. The molecule has 1 saturated heterocycles. The van der Waals surface area contributed by atoms with Gasteiger partial charge in [-0.2, -0.15) is 0 Å². The summed E-state index contributed by atoms with van der Waals surface area (Å²) in [6.07, 6.45) is 2.67. The van der Waals surface area contributed by atoms with Gasteiger partial charge in [0.15, 0.2) is 0 Å². The van der Waals surface area contributed by atoms with Crippen molar-refractivity contribution in [2.24, 2.45) is 11.8 Å². The van der Waals surface area contributed by atoms with Crippen LogP contribution in [-0.2, 0) is 9.59 Å². The van der Waals surface area contributed by atoms with Gasteiger partial charge in [-0.15, -0.1) is 0 Å². The highest BCUT2D eigenvalue weighted by Gasteiger charge is 2.41. The van der Waals surface area contributed by atoms with E-state index in [1.165, 1.54) is 0 Å². The van der Waals surface area contributed by atoms with E-state index < -0.39 is 0 Å². The molecule has 1 aliphatic carbocycles. The molecule has 1 heterocycles. The van der Waals surface area contributed by atoms with E-state index in [2.05, 4.69) is 5.32 Å². The monoisotopic (exact) mass is 344 g/mol. The molecule has 2 amide bonds. The van der Waals surface area contributed by atoms with E-state index >= 15 is 0 Å². The number of nitrogens with one attached hydrogen (secondary N) is 1. The fourth-order valence-corrected chi connectivity index (χ4v) is 3.50. The van der Waals surface area contributed by atoms with Gasteiger partial charge in [-0.1, -0.05) is 26.0 Å². The lowest BCUT2D eigenvalue weighted by molar-refractivity contribution is -0.131. The van der Waals surface area contributed by atoms with Crippen LogP contribution in [0.4, 0.5) is 0 Å². The molecular weight excluding hydrogens is 316 g/mol. The third-order valence-corrected chi connectivity index (χ3v) is 5.04. The first-order valence-corrected chi connectivity index (χ1v) is 9.20. The molecule has 0 aromatic heterocycles. The Kier molecular flexibility index (Phi) is 5.30. The van der Waals surface area contributed by atoms with Gasteiger partial charge in [-0.25, -0.2) is 0 Å². The minimum atomic E-state index is -0.191. The van der Waals surface area contributed by atoms with Gasteiger partial charge in [0.05, 0.1) is 13.0 Å². The lowest BCUT2D eigenvalue weighted by atomic mass is 9.88. The van der Waals surface area contributed by atoms with Crippen LogP contribution in [0.3, 0.4) is 0 Å². The third-order valence-electron chi connectivity index (χ3n) is 5.04. The smallest absolute Gasteiger partial charge is 0.225 e. The molecule has 1 saturated carbocycles. The maximum atomic E-state index is 12.7. The second kappa shape index (κ2) is 7.46. The van der Waals surface area contributed by atoms with Gasteiger partial charge in [0.25, 0.3) is 0 Å². The minimum absolute atomic E-state index is 0.0185. The van der Waals surface area contributed by atoms with Crippen molar-refractivity contribution in [1.82, 2.24) is 10.2 Å². The average molecular weight is 344 g/mol. The predicted molar refractivity (Wildman–Crippen MR) is 96.4 cm³/mol. The molecule has 1 aromatic carbocycles. The van der Waals surface area contributed by atoms with E-state index in [4.69, 9.17) is 4.74 Å². The topological polar surface area (TPSA) is 58.6 Å². The molecule has 1 aliphatic heterocycles. The Hall–Kier alpha value is -2.04. The van der Waals surface area contributed by atoms with Crippen molar-refractivity contribution in [2.75, 3.05) is 20.2 Å². The second-order valence-electron chi connectivity index (χ2n) is 7.67. The van der Waals surface area contributed by atoms with Crippen molar-refractivity contribution in [3.63, 3.8) is 0 Å². The summed E-state index contributed by atoms with van der Waals surface area (Å²) < 4.78 is 5.33. The fraction of sp³-hybridized carbons (Fsp3) is 0.600. The van der Waals surface area contributed by atoms with Gasteiger partial charge in [0, 0.05) is 31.5 Å². The van der Waals surface area contributed by atoms with Crippen molar-refractivity contribution >= 4 is 11.8 Å². The van der Waals surface area contributed by atoms with E-state index in [0.29, 0.717) is 31.5 Å². The number of likely N-dealkylation sites (tertiary alicyclic amines) is 1. The Morgan fingerprint density at radius 1 is 1.28 bits per heavy atom. The molecule has 2 aliphatic rings. The number of amides is 2. The maximum absolute atomic E-state index is 12.7. The van der Waals surface area contributed by atoms with Crippen LogP contribution < -0.4 is 10.1 Å². The summed E-state index contributed by atoms with van der Waals surface area (Å²) in [6, 6.07) is 8.19. The zero-order valence-corrected chi connectivity index (χ0v) is 15.3. The van der Waals surface area contributed by atoms with Crippen LogP contribution in [0.1, 0.15) is 44.6 Å². The Balaban J connectivity index is 1.80. The van der Waals surface area contributed by atoms with Crippen molar-refractivity contribution in [3.8, 4) is 5.75 Å². The minimum Gasteiger partial charge on any atom is -0.497 e. The quantitative estimate of drug-likeness (QED) is 0.863. The average Bonchev–Trinajstić information content (AvgIpc) is 3.27. The van der Waals surface area contributed by atoms with Crippen LogP contribution in [0.25, 0.3) is 0 Å². The normalized spacial score (nSPS) is 23.0. The molecule has 2 atom stereocenters. The zero-order chi connectivity index (χ0) is 18.0. The van der Waals surface area contributed by atoms with Gasteiger partial charge < -0.3 is 15.0 Å². The Labute approximate surface area is 149 Å². The molecule has 2 fully saturated rings. The molecule has 0 bridgehead atoms. The maximum Gasteiger partial charge on any atom is 0.225 e. The SMILES string of the molecule is COc1cccc(C2CN(C(=O)CC(C)C)CC2C(=O)NC2CC2)c1. The number of methoxy groups -OCH3 is 1. The van der Waals surface area contributed by atoms with Crippen molar-refractivity contribution in [3.05, 3.63) is 29.8 Å². The summed E-state index contributed by atoms with van der Waals surface area (Å²) in [4.78, 5) is 27.1. The highest BCUT2D eigenvalue weighted by atomic mass is 16.5. The molecule has 0 spiro atoms. The fourth-order valence-electron chi connectivity index (χ4n) is 3.50. The van der Waals surface area contributed by atoms with Gasteiger partial charge in [-0.05, 0) is 36.5 Å². The number of carbonyl (C=O) groups is 2. The summed E-state index contributed by atoms with van der Waals surface area (Å²) >= 11 is 0. The first-order valence-electron chi connectivity index (χ1n) is 9.20. The van der Waals surface area contributed by atoms with Crippen LogP contribution in [0.5, 0.6) is 5.75 Å². The van der Waals surface area contributed by atoms with E-state index in [9.17, 15) is 9.59 Å². The summed E-state index contributed by atoms with van der Waals surface area (Å²) in [7, 11) is 1.64. The number of benzene rings is 1. The van der Waals surface area contributed by atoms with Gasteiger partial charge in [-0.3, -0.25) is 9.59 Å². The third kappa shape index (κ3) is 4.33. The number of ether oxygens (including phenoxy) is 1. The number of hydrogen-bond acceptors (Lipinski definition) is 3. The zero-order valence-electron chi connectivity index (χ0n) is 15.3. The van der Waals surface area contributed by atoms with Crippen LogP contribution in [-0.4, -0.2) is 43.0 Å². The van der Waals surface area contributed by atoms with Crippen molar-refractivity contribution in [2.45, 2.75) is 45.1 Å². The van der Waals surface area contributed by atoms with Gasteiger partial charge >= 0.3 is 0 Å². The molecular formula is C20H28N2O3. The predicted octanol–water partition coefficient (Wildman–Crippen LogP) is 2.56. The Morgan fingerprint density at radius 2 is 2.04 bits per heavy atom. The van der Waals surface area contributed by atoms with Crippen LogP contribution in [0.2, 0.25) is 0 Å². The number of hydrogen-bond donors (Lipinski definition) is 1. The summed E-state index contributed by atoms with van der Waals surface area (Å²) in [5, 5.41) is 3.12. The van der Waals surface area contributed by atoms with E-state index in [0.717, 1.165) is 24.2 Å². The van der Waals surface area contributed by atoms with Crippen LogP contribution >= 0.6 is 0 Å². The molecule has 2 unspecified atom stereocenters. The summed E-state index contributed by atoms with van der Waals surface area (Å²) in [5.41, 5.74) is 1.06. The Bertz CT molecular complexity index is 640. The molecule has 0 radical (unpaired) electrons. The van der Waals surface area contributed by atoms with Crippen molar-refractivity contribution < 1.29 is 14.3 Å². The molecule has 5 heteroatoms. The molecule has 136 valence electrons. The van der Waals surface area contributed by atoms with E-state index in [1.807, 2.05) is 43.0 Å². The highest BCUT2D eigenvalue weighted by molar-refractivity contribution is 5.83. The van der Waals surface area contributed by atoms with Crippen LogP contribution in [0.15, 0.2) is 24.3 Å². The summed E-state index contributed by atoms with van der Waals surface area (Å²) in [5.74, 6) is 1.15. The van der Waals surface area contributed by atoms with E-state index in [-0.39, 0.29) is 23.7 Å². The second-order valence-corrected chi connectivity index (χ2v) is 7.67. The van der Waals surface area contributed by atoms with Gasteiger partial charge in [0.1, 0.15) is 5.75 Å². The standard InChI is InChI=1S/C20H28N2O3/c1-13(2)9-19(23)22-11-17(14-5-4-6-16(10-14)25-3)18(12-22)20(24)21-15-7-8-15/h4-6,10,13,15,17-18H,7-9,11-12H2,1-3H3,(H,21,24). The first-order chi connectivity index (χ1) is 12.0. The lowest BCUT2D eigenvalue weighted by Gasteiger charge is -2.18. The number of rotatable bonds is 6. The van der Waals surface area contributed by atoms with Crippen LogP contribution in [0, 0.1) is 11.8 Å². The molecule has 5 nitrogen and oxygen atoms in total.